The molecule has 3 amide bonds. The van der Waals surface area contributed by atoms with Crippen LogP contribution in [0.1, 0.15) is 52.8 Å². The van der Waals surface area contributed by atoms with E-state index in [1.165, 1.54) is 24.1 Å². The van der Waals surface area contributed by atoms with Crippen molar-refractivity contribution in [3.05, 3.63) is 29.3 Å². The first kappa shape index (κ1) is 21.9. The standard InChI is InChI=1S/C21H26N2O7/c1-23(17-7-8-18(25)22-20(17)26)21(27)16-12-15(6-5-14(16)13-24)28-9-3-2-4-19-29-10-11-30-19/h5-6,12-13,17,19H,2-4,7-11H2,1H3,(H,22,25,26). The first-order valence-corrected chi connectivity index (χ1v) is 10.1. The van der Waals surface area contributed by atoms with E-state index in [1.807, 2.05) is 0 Å². The number of aldehydes is 1. The lowest BCUT2D eigenvalue weighted by atomic mass is 10.0. The van der Waals surface area contributed by atoms with Crippen molar-refractivity contribution in [3.63, 3.8) is 0 Å². The molecule has 0 bridgehead atoms. The quantitative estimate of drug-likeness (QED) is 0.365. The number of nitrogens with zero attached hydrogens (tertiary/aromatic N) is 1. The Morgan fingerprint density at radius 1 is 1.27 bits per heavy atom. The molecule has 0 spiro atoms. The number of piperidine rings is 1. The fourth-order valence-corrected chi connectivity index (χ4v) is 3.47. The van der Waals surface area contributed by atoms with Crippen LogP contribution >= 0.6 is 0 Å². The molecule has 2 aliphatic heterocycles. The second-order valence-electron chi connectivity index (χ2n) is 7.27. The normalized spacial score (nSPS) is 19.4. The van der Waals surface area contributed by atoms with Crippen molar-refractivity contribution in [2.75, 3.05) is 26.9 Å². The number of rotatable bonds is 9. The van der Waals surface area contributed by atoms with Gasteiger partial charge in [0.05, 0.1) is 25.4 Å². The third kappa shape index (κ3) is 5.43. The van der Waals surface area contributed by atoms with Crippen molar-refractivity contribution in [1.29, 1.82) is 0 Å². The van der Waals surface area contributed by atoms with Gasteiger partial charge in [0.1, 0.15) is 11.8 Å². The largest absolute Gasteiger partial charge is 0.494 e. The minimum atomic E-state index is -0.765. The number of hydrogen-bond acceptors (Lipinski definition) is 7. The molecule has 0 aromatic heterocycles. The van der Waals surface area contributed by atoms with Gasteiger partial charge in [0.2, 0.25) is 11.8 Å². The van der Waals surface area contributed by atoms with Crippen LogP contribution < -0.4 is 10.1 Å². The Kier molecular flexibility index (Phi) is 7.53. The summed E-state index contributed by atoms with van der Waals surface area (Å²) in [6.07, 6.45) is 3.33. The first-order chi connectivity index (χ1) is 14.5. The minimum absolute atomic E-state index is 0.135. The van der Waals surface area contributed by atoms with Gasteiger partial charge in [-0.05, 0) is 43.9 Å². The van der Waals surface area contributed by atoms with Gasteiger partial charge in [-0.2, -0.15) is 0 Å². The molecule has 1 aromatic carbocycles. The van der Waals surface area contributed by atoms with E-state index >= 15 is 0 Å². The molecule has 1 unspecified atom stereocenters. The summed E-state index contributed by atoms with van der Waals surface area (Å²) in [5.74, 6) is -0.883. The second kappa shape index (κ2) is 10.3. The lowest BCUT2D eigenvalue weighted by Crippen LogP contribution is -2.53. The molecular weight excluding hydrogens is 392 g/mol. The van der Waals surface area contributed by atoms with Gasteiger partial charge in [0.25, 0.3) is 5.91 Å². The monoisotopic (exact) mass is 418 g/mol. The van der Waals surface area contributed by atoms with Crippen LogP contribution in [0.15, 0.2) is 18.2 Å². The maximum atomic E-state index is 12.9. The maximum Gasteiger partial charge on any atom is 0.255 e. The van der Waals surface area contributed by atoms with Crippen molar-refractivity contribution in [1.82, 2.24) is 10.2 Å². The Morgan fingerprint density at radius 2 is 2.03 bits per heavy atom. The molecule has 162 valence electrons. The summed E-state index contributed by atoms with van der Waals surface area (Å²) in [5, 5.41) is 2.23. The summed E-state index contributed by atoms with van der Waals surface area (Å²) in [5.41, 5.74) is 0.365. The zero-order valence-electron chi connectivity index (χ0n) is 16.9. The van der Waals surface area contributed by atoms with E-state index in [1.54, 1.807) is 6.07 Å². The smallest absolute Gasteiger partial charge is 0.255 e. The van der Waals surface area contributed by atoms with Crippen molar-refractivity contribution in [2.45, 2.75) is 44.4 Å². The second-order valence-corrected chi connectivity index (χ2v) is 7.27. The molecule has 0 saturated carbocycles. The Morgan fingerprint density at radius 3 is 2.73 bits per heavy atom. The van der Waals surface area contributed by atoms with Gasteiger partial charge in [-0.15, -0.1) is 0 Å². The lowest BCUT2D eigenvalue weighted by Gasteiger charge is -2.30. The highest BCUT2D eigenvalue weighted by atomic mass is 16.7. The first-order valence-electron chi connectivity index (χ1n) is 10.1. The van der Waals surface area contributed by atoms with Crippen molar-refractivity contribution in [2.24, 2.45) is 0 Å². The summed E-state index contributed by atoms with van der Waals surface area (Å²) in [6, 6.07) is 3.90. The van der Waals surface area contributed by atoms with E-state index in [9.17, 15) is 19.2 Å². The number of imide groups is 1. The number of benzene rings is 1. The third-order valence-corrected chi connectivity index (χ3v) is 5.17. The number of unbranched alkanes of at least 4 members (excludes halogenated alkanes) is 1. The number of amides is 3. The molecule has 1 N–H and O–H groups in total. The van der Waals surface area contributed by atoms with E-state index in [4.69, 9.17) is 14.2 Å². The van der Waals surface area contributed by atoms with Crippen LogP contribution in [0.5, 0.6) is 5.75 Å². The number of likely N-dealkylation sites (N-methyl/N-ethyl adjacent to an activating group) is 1. The number of ether oxygens (including phenoxy) is 3. The maximum absolute atomic E-state index is 12.9. The van der Waals surface area contributed by atoms with E-state index in [2.05, 4.69) is 5.32 Å². The lowest BCUT2D eigenvalue weighted by molar-refractivity contribution is -0.136. The van der Waals surface area contributed by atoms with E-state index in [-0.39, 0.29) is 36.2 Å². The van der Waals surface area contributed by atoms with Crippen LogP contribution in [0.4, 0.5) is 0 Å². The molecule has 3 rings (SSSR count). The molecule has 2 fully saturated rings. The molecule has 9 heteroatoms. The Balaban J connectivity index is 1.59. The van der Waals surface area contributed by atoms with E-state index < -0.39 is 17.9 Å². The number of carbonyl (C=O) groups excluding carboxylic acids is 4. The summed E-state index contributed by atoms with van der Waals surface area (Å²) in [4.78, 5) is 49.0. The van der Waals surface area contributed by atoms with Crippen LogP contribution in [0.25, 0.3) is 0 Å². The molecule has 2 aliphatic rings. The predicted molar refractivity (Wildman–Crippen MR) is 105 cm³/mol. The molecule has 2 saturated heterocycles. The Bertz CT molecular complexity index is 805. The molecule has 9 nitrogen and oxygen atoms in total. The van der Waals surface area contributed by atoms with Gasteiger partial charge in [-0.1, -0.05) is 0 Å². The Hall–Kier alpha value is -2.78. The van der Waals surface area contributed by atoms with Gasteiger partial charge in [-0.3, -0.25) is 24.5 Å². The molecular formula is C21H26N2O7. The topological polar surface area (TPSA) is 111 Å². The molecule has 2 heterocycles. The summed E-state index contributed by atoms with van der Waals surface area (Å²) in [6.45, 7) is 1.71. The highest BCUT2D eigenvalue weighted by Gasteiger charge is 2.33. The third-order valence-electron chi connectivity index (χ3n) is 5.17. The average molecular weight is 418 g/mol. The summed E-state index contributed by atoms with van der Waals surface area (Å²) < 4.78 is 16.5. The van der Waals surface area contributed by atoms with E-state index in [0.29, 0.717) is 31.9 Å². The van der Waals surface area contributed by atoms with Gasteiger partial charge in [-0.25, -0.2) is 0 Å². The number of nitrogens with one attached hydrogen (secondary N) is 1. The van der Waals surface area contributed by atoms with Crippen LogP contribution in [0, 0.1) is 0 Å². The summed E-state index contributed by atoms with van der Waals surface area (Å²) in [7, 11) is 1.48. The van der Waals surface area contributed by atoms with Crippen LogP contribution in [-0.4, -0.2) is 68.1 Å². The van der Waals surface area contributed by atoms with Crippen LogP contribution in [0.2, 0.25) is 0 Å². The molecule has 1 aromatic rings. The van der Waals surface area contributed by atoms with E-state index in [0.717, 1.165) is 19.3 Å². The molecule has 0 radical (unpaired) electrons. The van der Waals surface area contributed by atoms with Crippen LogP contribution in [-0.2, 0) is 19.1 Å². The molecule has 1 atom stereocenters. The fraction of sp³-hybridized carbons (Fsp3) is 0.524. The molecule has 0 aliphatic carbocycles. The fourth-order valence-electron chi connectivity index (χ4n) is 3.47. The zero-order valence-corrected chi connectivity index (χ0v) is 16.9. The van der Waals surface area contributed by atoms with Crippen molar-refractivity contribution in [3.8, 4) is 5.75 Å². The van der Waals surface area contributed by atoms with Crippen LogP contribution in [0.3, 0.4) is 0 Å². The predicted octanol–water partition coefficient (Wildman–Crippen LogP) is 1.30. The van der Waals surface area contributed by atoms with Crippen molar-refractivity contribution >= 4 is 24.0 Å². The number of hydrogen-bond donors (Lipinski definition) is 1. The van der Waals surface area contributed by atoms with Gasteiger partial charge in [0, 0.05) is 19.0 Å². The van der Waals surface area contributed by atoms with Gasteiger partial charge >= 0.3 is 0 Å². The van der Waals surface area contributed by atoms with Gasteiger partial charge in [0.15, 0.2) is 12.6 Å². The molecule has 30 heavy (non-hydrogen) atoms. The average Bonchev–Trinajstić information content (AvgIpc) is 3.26. The van der Waals surface area contributed by atoms with Gasteiger partial charge < -0.3 is 19.1 Å². The van der Waals surface area contributed by atoms with Crippen molar-refractivity contribution < 1.29 is 33.4 Å². The number of carbonyl (C=O) groups is 4. The highest BCUT2D eigenvalue weighted by molar-refractivity contribution is 6.06. The Labute approximate surface area is 174 Å². The minimum Gasteiger partial charge on any atom is -0.494 e. The zero-order chi connectivity index (χ0) is 21.5. The SMILES string of the molecule is CN(C(=O)c1cc(OCCCCC2OCCO2)ccc1C=O)C1CCC(=O)NC1=O. The summed E-state index contributed by atoms with van der Waals surface area (Å²) >= 11 is 0. The highest BCUT2D eigenvalue weighted by Crippen LogP contribution is 2.21.